The lowest BCUT2D eigenvalue weighted by Crippen LogP contribution is -2.26. The maximum Gasteiger partial charge on any atom is 0.247 e. The van der Waals surface area contributed by atoms with E-state index in [1.807, 2.05) is 49.4 Å². The zero-order valence-corrected chi connectivity index (χ0v) is 17.8. The second kappa shape index (κ2) is 7.31. The van der Waals surface area contributed by atoms with E-state index in [2.05, 4.69) is 10.1 Å². The van der Waals surface area contributed by atoms with Gasteiger partial charge in [0.05, 0.1) is 30.6 Å². The third-order valence-corrected chi connectivity index (χ3v) is 6.25. The number of methoxy groups -OCH3 is 1. The third kappa shape index (κ3) is 3.80. The summed E-state index contributed by atoms with van der Waals surface area (Å²) in [6.45, 7) is 1.99. The van der Waals surface area contributed by atoms with Gasteiger partial charge >= 0.3 is 0 Å². The molecule has 0 fully saturated rings. The molecule has 1 aliphatic heterocycles. The molecule has 29 heavy (non-hydrogen) atoms. The number of aromatic nitrogens is 1. The number of benzene rings is 2. The number of hydrogen-bond acceptors (Lipinski definition) is 5. The van der Waals surface area contributed by atoms with Crippen LogP contribution in [-0.2, 0) is 10.0 Å². The van der Waals surface area contributed by atoms with E-state index in [1.165, 1.54) is 0 Å². The van der Waals surface area contributed by atoms with Gasteiger partial charge in [0, 0.05) is 23.4 Å². The first kappa shape index (κ1) is 19.7. The lowest BCUT2D eigenvalue weighted by atomic mass is 9.98. The topological polar surface area (TPSA) is 71.9 Å². The Morgan fingerprint density at radius 1 is 1.17 bits per heavy atom. The van der Waals surface area contributed by atoms with Crippen LogP contribution < -0.4 is 4.74 Å². The number of fused-ring (bicyclic) bond motifs is 1. The first-order valence-electron chi connectivity index (χ1n) is 9.04. The highest BCUT2D eigenvalue weighted by Gasteiger charge is 2.36. The number of rotatable bonds is 4. The number of halogens is 1. The summed E-state index contributed by atoms with van der Waals surface area (Å²) in [4.78, 5) is 4.47. The zero-order chi connectivity index (χ0) is 20.8. The fraction of sp³-hybridized carbons (Fsp3) is 0.238. The molecule has 0 aliphatic carbocycles. The van der Waals surface area contributed by atoms with E-state index in [9.17, 15) is 8.42 Å². The Bertz CT molecular complexity index is 1240. The van der Waals surface area contributed by atoms with E-state index >= 15 is 0 Å². The summed E-state index contributed by atoms with van der Waals surface area (Å²) in [5.41, 5.74) is 3.99. The minimum atomic E-state index is -3.59. The minimum absolute atomic E-state index is 0.255. The van der Waals surface area contributed by atoms with Gasteiger partial charge in [-0.1, -0.05) is 41.4 Å². The second-order valence-electron chi connectivity index (χ2n) is 7.10. The van der Waals surface area contributed by atoms with Crippen LogP contribution >= 0.6 is 11.6 Å². The average molecular weight is 430 g/mol. The van der Waals surface area contributed by atoms with Gasteiger partial charge in [-0.2, -0.15) is 9.52 Å². The molecular weight excluding hydrogens is 410 g/mol. The molecule has 4 rings (SSSR count). The normalized spacial score (nSPS) is 16.9. The van der Waals surface area contributed by atoms with Gasteiger partial charge in [-0.25, -0.2) is 13.4 Å². The number of ether oxygens (including phenoxy) is 1. The summed E-state index contributed by atoms with van der Waals surface area (Å²) in [5.74, 6) is 0.678. The first-order valence-corrected chi connectivity index (χ1v) is 11.3. The van der Waals surface area contributed by atoms with Gasteiger partial charge in [-0.15, -0.1) is 0 Å². The fourth-order valence-electron chi connectivity index (χ4n) is 3.53. The predicted molar refractivity (Wildman–Crippen MR) is 115 cm³/mol. The molecule has 150 valence electrons. The third-order valence-electron chi connectivity index (χ3n) is 4.93. The molecule has 0 bridgehead atoms. The summed E-state index contributed by atoms with van der Waals surface area (Å²) < 4.78 is 31.3. The van der Waals surface area contributed by atoms with Crippen LogP contribution in [0, 0.1) is 6.92 Å². The van der Waals surface area contributed by atoms with Crippen molar-refractivity contribution in [1.82, 2.24) is 9.40 Å². The van der Waals surface area contributed by atoms with Crippen LogP contribution in [0.4, 0.5) is 0 Å². The van der Waals surface area contributed by atoms with E-state index in [0.29, 0.717) is 29.0 Å². The predicted octanol–water partition coefficient (Wildman–Crippen LogP) is 4.32. The van der Waals surface area contributed by atoms with Crippen molar-refractivity contribution < 1.29 is 13.2 Å². The lowest BCUT2D eigenvalue weighted by Gasteiger charge is -2.22. The van der Waals surface area contributed by atoms with Crippen molar-refractivity contribution in [1.29, 1.82) is 0 Å². The van der Waals surface area contributed by atoms with Gasteiger partial charge in [0.2, 0.25) is 10.0 Å². The zero-order valence-electron chi connectivity index (χ0n) is 16.3. The molecule has 8 heteroatoms. The van der Waals surface area contributed by atoms with Crippen LogP contribution in [0.2, 0.25) is 5.15 Å². The van der Waals surface area contributed by atoms with Gasteiger partial charge in [-0.3, -0.25) is 0 Å². The van der Waals surface area contributed by atoms with Crippen molar-refractivity contribution >= 4 is 38.2 Å². The molecule has 3 aromatic rings. The molecule has 2 aromatic carbocycles. The molecule has 0 saturated heterocycles. The number of hydrazone groups is 1. The van der Waals surface area contributed by atoms with Crippen molar-refractivity contribution in [2.45, 2.75) is 19.4 Å². The molecule has 0 N–H and O–H groups in total. The largest absolute Gasteiger partial charge is 0.497 e. The molecular formula is C21H20ClN3O3S. The lowest BCUT2D eigenvalue weighted by molar-refractivity contribution is 0.374. The summed E-state index contributed by atoms with van der Waals surface area (Å²) in [7, 11) is -2.01. The van der Waals surface area contributed by atoms with Gasteiger partial charge in [0.25, 0.3) is 0 Å². The summed E-state index contributed by atoms with van der Waals surface area (Å²) in [6, 6.07) is 14.7. The fourth-order valence-corrected chi connectivity index (χ4v) is 4.69. The Hall–Kier alpha value is -2.64. The molecule has 0 saturated carbocycles. The van der Waals surface area contributed by atoms with Crippen LogP contribution in [0.1, 0.15) is 29.2 Å². The maximum absolute atomic E-state index is 12.5. The Balaban J connectivity index is 1.80. The van der Waals surface area contributed by atoms with Crippen LogP contribution in [0.3, 0.4) is 0 Å². The summed E-state index contributed by atoms with van der Waals surface area (Å²) in [5, 5.41) is 5.54. The summed E-state index contributed by atoms with van der Waals surface area (Å²) >= 11 is 6.49. The highest BCUT2D eigenvalue weighted by atomic mass is 35.5. The van der Waals surface area contributed by atoms with Crippen molar-refractivity contribution in [3.05, 3.63) is 70.4 Å². The van der Waals surface area contributed by atoms with Crippen molar-refractivity contribution in [2.75, 3.05) is 13.4 Å². The maximum atomic E-state index is 12.5. The standard InChI is InChI=1S/C21H20ClN3O3S/c1-13-5-4-6-14(9-13)19-12-20(25(24-19)29(3,26)27)17-10-15-7-8-16(28-2)11-18(15)23-21(17)22/h4-11,20H,12H2,1-3H3/t20-/m0/s1. The minimum Gasteiger partial charge on any atom is -0.497 e. The van der Waals surface area contributed by atoms with Crippen LogP contribution in [-0.4, -0.2) is 36.9 Å². The number of pyridine rings is 1. The SMILES string of the molecule is COc1ccc2cc([C@@H]3CC(c4cccc(C)c4)=NN3S(C)(=O)=O)c(Cl)nc2c1. The summed E-state index contributed by atoms with van der Waals surface area (Å²) in [6.07, 6.45) is 1.56. The quantitative estimate of drug-likeness (QED) is 0.579. The monoisotopic (exact) mass is 429 g/mol. The van der Waals surface area contributed by atoms with Gasteiger partial charge < -0.3 is 4.74 Å². The molecule has 1 aromatic heterocycles. The molecule has 0 amide bonds. The Kier molecular flexibility index (Phi) is 4.96. The molecule has 6 nitrogen and oxygen atoms in total. The van der Waals surface area contributed by atoms with Crippen LogP contribution in [0.15, 0.2) is 53.6 Å². The highest BCUT2D eigenvalue weighted by Crippen LogP contribution is 2.38. The van der Waals surface area contributed by atoms with Crippen LogP contribution in [0.25, 0.3) is 10.9 Å². The molecule has 0 unspecified atom stereocenters. The number of sulfonamides is 1. The number of nitrogens with zero attached hydrogens (tertiary/aromatic N) is 3. The van der Waals surface area contributed by atoms with Crippen molar-refractivity contribution in [2.24, 2.45) is 5.10 Å². The average Bonchev–Trinajstić information content (AvgIpc) is 3.12. The van der Waals surface area contributed by atoms with Crippen molar-refractivity contribution in [3.8, 4) is 5.75 Å². The van der Waals surface area contributed by atoms with Gasteiger partial charge in [0.1, 0.15) is 10.9 Å². The van der Waals surface area contributed by atoms with Gasteiger partial charge in [-0.05, 0) is 30.7 Å². The molecule has 1 aliphatic rings. The van der Waals surface area contributed by atoms with E-state index in [0.717, 1.165) is 27.2 Å². The smallest absolute Gasteiger partial charge is 0.247 e. The molecule has 1 atom stereocenters. The molecule has 2 heterocycles. The van der Waals surface area contributed by atoms with E-state index < -0.39 is 16.1 Å². The van der Waals surface area contributed by atoms with E-state index in [-0.39, 0.29) is 5.15 Å². The number of aryl methyl sites for hydroxylation is 1. The van der Waals surface area contributed by atoms with E-state index in [1.54, 1.807) is 13.2 Å². The van der Waals surface area contributed by atoms with Gasteiger partial charge in [0.15, 0.2) is 0 Å². The molecule has 0 radical (unpaired) electrons. The van der Waals surface area contributed by atoms with Crippen molar-refractivity contribution in [3.63, 3.8) is 0 Å². The van der Waals surface area contributed by atoms with Crippen LogP contribution in [0.5, 0.6) is 5.75 Å². The molecule has 0 spiro atoms. The highest BCUT2D eigenvalue weighted by molar-refractivity contribution is 7.88. The first-order chi connectivity index (χ1) is 13.8. The Morgan fingerprint density at radius 3 is 2.66 bits per heavy atom. The Morgan fingerprint density at radius 2 is 1.97 bits per heavy atom. The number of hydrogen-bond donors (Lipinski definition) is 0. The van der Waals surface area contributed by atoms with E-state index in [4.69, 9.17) is 16.3 Å². The second-order valence-corrected chi connectivity index (χ2v) is 9.30. The Labute approximate surface area is 174 Å².